The number of carbonyl (C=O) groups is 2. The van der Waals surface area contributed by atoms with Gasteiger partial charge in [0.15, 0.2) is 5.78 Å². The zero-order valence-electron chi connectivity index (χ0n) is 15.1. The Hall–Kier alpha value is -3.60. The molecule has 3 rings (SSSR count). The Bertz CT molecular complexity index is 947. The lowest BCUT2D eigenvalue weighted by atomic mass is 10.0. The SMILES string of the molecule is COc1ccc(C(=O)Nc2ccccc2C(=O)c2ccc(OC)cc2)cc1. The predicted molar refractivity (Wildman–Crippen MR) is 104 cm³/mol. The van der Waals surface area contributed by atoms with E-state index in [1.165, 1.54) is 0 Å². The highest BCUT2D eigenvalue weighted by Gasteiger charge is 2.16. The molecule has 0 aliphatic rings. The van der Waals surface area contributed by atoms with Gasteiger partial charge in [0.25, 0.3) is 5.91 Å². The third-order valence-corrected chi connectivity index (χ3v) is 4.12. The van der Waals surface area contributed by atoms with Crippen LogP contribution in [0, 0.1) is 0 Å². The van der Waals surface area contributed by atoms with Gasteiger partial charge in [-0.05, 0) is 60.7 Å². The lowest BCUT2D eigenvalue weighted by Gasteiger charge is -2.11. The van der Waals surface area contributed by atoms with E-state index in [-0.39, 0.29) is 11.7 Å². The number of methoxy groups -OCH3 is 2. The summed E-state index contributed by atoms with van der Waals surface area (Å²) in [4.78, 5) is 25.4. The Morgan fingerprint density at radius 1 is 0.704 bits per heavy atom. The van der Waals surface area contributed by atoms with Crippen molar-refractivity contribution in [1.29, 1.82) is 0 Å². The molecule has 0 heterocycles. The minimum absolute atomic E-state index is 0.178. The molecule has 27 heavy (non-hydrogen) atoms. The molecule has 0 unspecified atom stereocenters. The van der Waals surface area contributed by atoms with Crippen molar-refractivity contribution >= 4 is 17.4 Å². The van der Waals surface area contributed by atoms with Gasteiger partial charge in [-0.3, -0.25) is 9.59 Å². The van der Waals surface area contributed by atoms with Crippen LogP contribution < -0.4 is 14.8 Å². The van der Waals surface area contributed by atoms with Crippen LogP contribution in [0.3, 0.4) is 0 Å². The van der Waals surface area contributed by atoms with E-state index in [4.69, 9.17) is 9.47 Å². The Balaban J connectivity index is 1.84. The summed E-state index contributed by atoms with van der Waals surface area (Å²) < 4.78 is 10.2. The third-order valence-electron chi connectivity index (χ3n) is 4.12. The van der Waals surface area contributed by atoms with E-state index in [1.807, 2.05) is 0 Å². The Morgan fingerprint density at radius 2 is 1.22 bits per heavy atom. The number of anilines is 1. The number of ketones is 1. The molecule has 0 atom stereocenters. The van der Waals surface area contributed by atoms with Crippen LogP contribution in [0.4, 0.5) is 5.69 Å². The van der Waals surface area contributed by atoms with Crippen molar-refractivity contribution < 1.29 is 19.1 Å². The summed E-state index contributed by atoms with van der Waals surface area (Å²) in [5.41, 5.74) is 1.87. The van der Waals surface area contributed by atoms with Crippen LogP contribution in [0.25, 0.3) is 0 Å². The fourth-order valence-electron chi connectivity index (χ4n) is 2.62. The molecule has 0 radical (unpaired) electrons. The maximum atomic E-state index is 12.9. The van der Waals surface area contributed by atoms with Crippen molar-refractivity contribution in [2.45, 2.75) is 0 Å². The standard InChI is InChI=1S/C22H19NO4/c1-26-17-11-7-15(8-12-17)21(24)19-5-3-4-6-20(19)23-22(25)16-9-13-18(27-2)14-10-16/h3-14H,1-2H3,(H,23,25). The summed E-state index contributed by atoms with van der Waals surface area (Å²) >= 11 is 0. The van der Waals surface area contributed by atoms with E-state index in [1.54, 1.807) is 87.0 Å². The smallest absolute Gasteiger partial charge is 0.255 e. The molecule has 0 spiro atoms. The molecule has 5 nitrogen and oxygen atoms in total. The van der Waals surface area contributed by atoms with Gasteiger partial charge >= 0.3 is 0 Å². The largest absolute Gasteiger partial charge is 0.497 e. The lowest BCUT2D eigenvalue weighted by molar-refractivity contribution is 0.102. The van der Waals surface area contributed by atoms with Crippen LogP contribution >= 0.6 is 0 Å². The lowest BCUT2D eigenvalue weighted by Crippen LogP contribution is -2.15. The van der Waals surface area contributed by atoms with E-state index in [9.17, 15) is 9.59 Å². The van der Waals surface area contributed by atoms with Gasteiger partial charge in [0.1, 0.15) is 11.5 Å². The zero-order chi connectivity index (χ0) is 19.2. The molecule has 0 saturated carbocycles. The highest BCUT2D eigenvalue weighted by atomic mass is 16.5. The number of benzene rings is 3. The van der Waals surface area contributed by atoms with Crippen LogP contribution in [0.2, 0.25) is 0 Å². The first kappa shape index (κ1) is 18.2. The number of hydrogen-bond donors (Lipinski definition) is 1. The van der Waals surface area contributed by atoms with Gasteiger partial charge in [0, 0.05) is 16.7 Å². The topological polar surface area (TPSA) is 64.6 Å². The van der Waals surface area contributed by atoms with Crippen molar-refractivity contribution in [2.24, 2.45) is 0 Å². The average molecular weight is 361 g/mol. The number of amides is 1. The second kappa shape index (κ2) is 8.19. The molecule has 0 aliphatic heterocycles. The molecule has 0 fully saturated rings. The summed E-state index contributed by atoms with van der Waals surface area (Å²) in [5.74, 6) is 0.866. The molecule has 0 aromatic heterocycles. The summed E-state index contributed by atoms with van der Waals surface area (Å²) in [6.45, 7) is 0. The van der Waals surface area contributed by atoms with Gasteiger partial charge in [0.05, 0.1) is 19.9 Å². The van der Waals surface area contributed by atoms with Gasteiger partial charge in [-0.15, -0.1) is 0 Å². The van der Waals surface area contributed by atoms with Gasteiger partial charge in [-0.2, -0.15) is 0 Å². The summed E-state index contributed by atoms with van der Waals surface area (Å²) in [7, 11) is 3.14. The Kier molecular flexibility index (Phi) is 5.52. The number of ether oxygens (including phenoxy) is 2. The van der Waals surface area contributed by atoms with Crippen molar-refractivity contribution in [3.63, 3.8) is 0 Å². The second-order valence-electron chi connectivity index (χ2n) is 5.79. The first-order valence-corrected chi connectivity index (χ1v) is 8.35. The van der Waals surface area contributed by atoms with E-state index in [0.717, 1.165) is 0 Å². The molecule has 1 amide bonds. The van der Waals surface area contributed by atoms with Crippen molar-refractivity contribution in [2.75, 3.05) is 19.5 Å². The number of rotatable bonds is 6. The number of carbonyl (C=O) groups excluding carboxylic acids is 2. The van der Waals surface area contributed by atoms with E-state index < -0.39 is 0 Å². The van der Waals surface area contributed by atoms with Gasteiger partial charge in [-0.25, -0.2) is 0 Å². The highest BCUT2D eigenvalue weighted by Crippen LogP contribution is 2.22. The van der Waals surface area contributed by atoms with Gasteiger partial charge in [-0.1, -0.05) is 12.1 Å². The van der Waals surface area contributed by atoms with Gasteiger partial charge in [0.2, 0.25) is 0 Å². The fraction of sp³-hybridized carbons (Fsp3) is 0.0909. The molecule has 0 saturated heterocycles. The van der Waals surface area contributed by atoms with Crippen molar-refractivity contribution in [3.05, 3.63) is 89.5 Å². The molecular weight excluding hydrogens is 342 g/mol. The molecule has 5 heteroatoms. The summed E-state index contributed by atoms with van der Waals surface area (Å²) in [5, 5.41) is 2.81. The molecule has 0 bridgehead atoms. The minimum atomic E-state index is -0.298. The van der Waals surface area contributed by atoms with Gasteiger partial charge < -0.3 is 14.8 Å². The van der Waals surface area contributed by atoms with E-state index >= 15 is 0 Å². The Labute approximate surface area is 157 Å². The number of nitrogens with one attached hydrogen (secondary N) is 1. The second-order valence-corrected chi connectivity index (χ2v) is 5.79. The average Bonchev–Trinajstić information content (AvgIpc) is 2.73. The summed E-state index contributed by atoms with van der Waals surface area (Å²) in [6.07, 6.45) is 0. The predicted octanol–water partition coefficient (Wildman–Crippen LogP) is 4.19. The number of para-hydroxylation sites is 1. The maximum absolute atomic E-state index is 12.9. The van der Waals surface area contributed by atoms with Crippen LogP contribution in [0.1, 0.15) is 26.3 Å². The first-order chi connectivity index (χ1) is 13.1. The molecule has 1 N–H and O–H groups in total. The van der Waals surface area contributed by atoms with Crippen LogP contribution in [0.5, 0.6) is 11.5 Å². The fourth-order valence-corrected chi connectivity index (χ4v) is 2.62. The summed E-state index contributed by atoms with van der Waals surface area (Å²) in [6, 6.07) is 20.5. The first-order valence-electron chi connectivity index (χ1n) is 8.35. The van der Waals surface area contributed by atoms with Crippen LogP contribution in [-0.4, -0.2) is 25.9 Å². The molecule has 3 aromatic carbocycles. The third kappa shape index (κ3) is 4.15. The van der Waals surface area contributed by atoms with Crippen LogP contribution in [0.15, 0.2) is 72.8 Å². The molecule has 136 valence electrons. The molecular formula is C22H19NO4. The van der Waals surface area contributed by atoms with E-state index in [2.05, 4.69) is 5.32 Å². The highest BCUT2D eigenvalue weighted by molar-refractivity contribution is 6.15. The minimum Gasteiger partial charge on any atom is -0.497 e. The Morgan fingerprint density at radius 3 is 1.78 bits per heavy atom. The molecule has 3 aromatic rings. The van der Waals surface area contributed by atoms with E-state index in [0.29, 0.717) is 33.9 Å². The molecule has 0 aliphatic carbocycles. The quantitative estimate of drug-likeness (QED) is 0.669. The van der Waals surface area contributed by atoms with Crippen molar-refractivity contribution in [3.8, 4) is 11.5 Å². The van der Waals surface area contributed by atoms with Crippen LogP contribution in [-0.2, 0) is 0 Å². The zero-order valence-corrected chi connectivity index (χ0v) is 15.1. The normalized spacial score (nSPS) is 10.1. The maximum Gasteiger partial charge on any atom is 0.255 e. The monoisotopic (exact) mass is 361 g/mol. The number of hydrogen-bond acceptors (Lipinski definition) is 4. The van der Waals surface area contributed by atoms with Crippen molar-refractivity contribution in [1.82, 2.24) is 0 Å².